The minimum absolute atomic E-state index is 0.718. The molecule has 1 aliphatic carbocycles. The van der Waals surface area contributed by atoms with Gasteiger partial charge in [0.1, 0.15) is 0 Å². The van der Waals surface area contributed by atoms with Crippen LogP contribution in [-0.2, 0) is 13.3 Å². The molecular formula is C11H26O3Si. The predicted octanol–water partition coefficient (Wildman–Crippen LogP) is 2.48. The van der Waals surface area contributed by atoms with Crippen LogP contribution in [0.15, 0.2) is 0 Å². The summed E-state index contributed by atoms with van der Waals surface area (Å²) in [6.07, 6.45) is 4.29. The second-order valence-corrected chi connectivity index (χ2v) is 6.67. The van der Waals surface area contributed by atoms with Gasteiger partial charge in [-0.3, -0.25) is 0 Å². The summed E-state index contributed by atoms with van der Waals surface area (Å²) in [5.41, 5.74) is 0.718. The van der Waals surface area contributed by atoms with Gasteiger partial charge < -0.3 is 13.3 Å². The molecule has 1 unspecified atom stereocenters. The quantitative estimate of drug-likeness (QED) is 0.684. The molecule has 0 N–H and O–H groups in total. The maximum atomic E-state index is 4.74. The fourth-order valence-electron chi connectivity index (χ4n) is 1.71. The number of hydrogen-bond donors (Lipinski definition) is 0. The molecule has 0 heterocycles. The molecule has 0 saturated heterocycles. The first-order valence-electron chi connectivity index (χ1n) is 5.60. The Bertz CT molecular complexity index is 152. The van der Waals surface area contributed by atoms with Crippen LogP contribution in [-0.4, -0.2) is 30.9 Å². The second-order valence-electron chi connectivity index (χ2n) is 4.67. The molecule has 92 valence electrons. The molecule has 0 aromatic carbocycles. The lowest BCUT2D eigenvalue weighted by molar-refractivity contribution is 0.163. The summed E-state index contributed by atoms with van der Waals surface area (Å²) >= 11 is 0. The zero-order valence-electron chi connectivity index (χ0n) is 11.0. The molecule has 1 rings (SSSR count). The van der Waals surface area contributed by atoms with Gasteiger partial charge in [0, 0.05) is 21.3 Å². The third-order valence-electron chi connectivity index (χ3n) is 2.93. The molecule has 0 aromatic heterocycles. The van der Waals surface area contributed by atoms with Crippen molar-refractivity contribution < 1.29 is 13.3 Å². The highest BCUT2D eigenvalue weighted by Gasteiger charge is 2.44. The summed E-state index contributed by atoms with van der Waals surface area (Å²) in [4.78, 5) is 0. The van der Waals surface area contributed by atoms with Gasteiger partial charge in [0.25, 0.3) is 0 Å². The smallest absolute Gasteiger partial charge is 0.379 e. The van der Waals surface area contributed by atoms with Crippen molar-refractivity contribution in [2.24, 2.45) is 11.3 Å². The lowest BCUT2D eigenvalue weighted by Crippen LogP contribution is -2.21. The van der Waals surface area contributed by atoms with E-state index < -0.39 is 9.53 Å². The monoisotopic (exact) mass is 234 g/mol. The van der Waals surface area contributed by atoms with E-state index >= 15 is 0 Å². The Morgan fingerprint density at radius 1 is 1.13 bits per heavy atom. The average Bonchev–Trinajstić information content (AvgIpc) is 2.78. The van der Waals surface area contributed by atoms with Crippen LogP contribution < -0.4 is 0 Å². The molecule has 0 radical (unpaired) electrons. The van der Waals surface area contributed by atoms with Crippen LogP contribution in [0.3, 0.4) is 0 Å². The molecular weight excluding hydrogens is 208 g/mol. The third kappa shape index (κ3) is 6.30. The van der Waals surface area contributed by atoms with Gasteiger partial charge in [0.05, 0.1) is 0 Å². The Balaban J connectivity index is 0.000000265. The van der Waals surface area contributed by atoms with Crippen molar-refractivity contribution >= 4 is 9.53 Å². The van der Waals surface area contributed by atoms with Gasteiger partial charge in [0.15, 0.2) is 0 Å². The predicted molar refractivity (Wildman–Crippen MR) is 65.0 cm³/mol. The molecule has 1 saturated carbocycles. The van der Waals surface area contributed by atoms with Crippen molar-refractivity contribution in [1.82, 2.24) is 0 Å². The van der Waals surface area contributed by atoms with E-state index in [1.165, 1.54) is 19.3 Å². The van der Waals surface area contributed by atoms with Crippen LogP contribution in [0, 0.1) is 11.3 Å². The summed E-state index contributed by atoms with van der Waals surface area (Å²) in [6, 6.07) is 0. The molecule has 1 aliphatic rings. The molecule has 0 amide bonds. The van der Waals surface area contributed by atoms with Crippen LogP contribution in [0.4, 0.5) is 0 Å². The highest BCUT2D eigenvalue weighted by molar-refractivity contribution is 6.36. The molecule has 0 aromatic rings. The molecule has 1 fully saturated rings. The first-order valence-corrected chi connectivity index (χ1v) is 7.01. The molecule has 0 aliphatic heterocycles. The summed E-state index contributed by atoms with van der Waals surface area (Å²) in [7, 11) is 3.05. The van der Waals surface area contributed by atoms with Crippen molar-refractivity contribution in [2.75, 3.05) is 21.3 Å². The standard InChI is InChI=1S/C8H16.C3H10O3Si/c1-4-5-7-6-8(7,2)3;1-4-7(5-2)6-3/h7H,4-6H2,1-3H3;7H,1-3H3. The van der Waals surface area contributed by atoms with E-state index in [4.69, 9.17) is 13.3 Å². The van der Waals surface area contributed by atoms with Gasteiger partial charge in [0.2, 0.25) is 0 Å². The van der Waals surface area contributed by atoms with E-state index in [2.05, 4.69) is 20.8 Å². The van der Waals surface area contributed by atoms with Gasteiger partial charge in [-0.25, -0.2) is 0 Å². The van der Waals surface area contributed by atoms with Gasteiger partial charge in [-0.05, 0) is 17.8 Å². The fourth-order valence-corrected chi connectivity index (χ4v) is 2.28. The Labute approximate surface area is 96.1 Å². The third-order valence-corrected chi connectivity index (χ3v) is 4.09. The van der Waals surface area contributed by atoms with E-state index in [0.717, 1.165) is 11.3 Å². The Morgan fingerprint density at radius 3 is 1.60 bits per heavy atom. The first-order chi connectivity index (χ1) is 7.01. The van der Waals surface area contributed by atoms with E-state index in [1.54, 1.807) is 21.3 Å². The minimum atomic E-state index is -1.67. The van der Waals surface area contributed by atoms with Crippen molar-refractivity contribution in [1.29, 1.82) is 0 Å². The highest BCUT2D eigenvalue weighted by Crippen LogP contribution is 2.53. The van der Waals surface area contributed by atoms with E-state index in [1.807, 2.05) is 0 Å². The Morgan fingerprint density at radius 2 is 1.53 bits per heavy atom. The van der Waals surface area contributed by atoms with Crippen LogP contribution in [0.25, 0.3) is 0 Å². The van der Waals surface area contributed by atoms with Gasteiger partial charge in [-0.1, -0.05) is 33.6 Å². The number of hydrogen-bond acceptors (Lipinski definition) is 3. The van der Waals surface area contributed by atoms with Crippen LogP contribution in [0.5, 0.6) is 0 Å². The molecule has 3 nitrogen and oxygen atoms in total. The van der Waals surface area contributed by atoms with E-state index in [0.29, 0.717) is 0 Å². The first kappa shape index (κ1) is 15.1. The van der Waals surface area contributed by atoms with Crippen LogP contribution in [0.2, 0.25) is 0 Å². The maximum absolute atomic E-state index is 4.74. The lowest BCUT2D eigenvalue weighted by Gasteiger charge is -2.05. The molecule has 1 atom stereocenters. The fraction of sp³-hybridized carbons (Fsp3) is 1.00. The summed E-state index contributed by atoms with van der Waals surface area (Å²) in [6.45, 7) is 7.01. The Hall–Kier alpha value is 0.0969. The van der Waals surface area contributed by atoms with Gasteiger partial charge in [-0.2, -0.15) is 0 Å². The van der Waals surface area contributed by atoms with Gasteiger partial charge in [-0.15, -0.1) is 0 Å². The summed E-state index contributed by atoms with van der Waals surface area (Å²) < 4.78 is 14.2. The molecule has 0 spiro atoms. The average molecular weight is 234 g/mol. The van der Waals surface area contributed by atoms with Crippen molar-refractivity contribution in [3.63, 3.8) is 0 Å². The molecule has 15 heavy (non-hydrogen) atoms. The van der Waals surface area contributed by atoms with Crippen molar-refractivity contribution in [2.45, 2.75) is 40.0 Å². The Kier molecular flexibility index (Phi) is 7.43. The molecule has 0 bridgehead atoms. The van der Waals surface area contributed by atoms with Crippen molar-refractivity contribution in [3.8, 4) is 0 Å². The largest absolute Gasteiger partial charge is 0.483 e. The lowest BCUT2D eigenvalue weighted by atomic mass is 10.1. The SMILES string of the molecule is CCCC1CC1(C)C.CO[SiH](OC)OC. The summed E-state index contributed by atoms with van der Waals surface area (Å²) in [5, 5.41) is 0. The van der Waals surface area contributed by atoms with E-state index in [9.17, 15) is 0 Å². The van der Waals surface area contributed by atoms with Crippen molar-refractivity contribution in [3.05, 3.63) is 0 Å². The van der Waals surface area contributed by atoms with Gasteiger partial charge >= 0.3 is 9.53 Å². The number of rotatable bonds is 5. The van der Waals surface area contributed by atoms with Crippen LogP contribution >= 0.6 is 0 Å². The van der Waals surface area contributed by atoms with Crippen LogP contribution in [0.1, 0.15) is 40.0 Å². The zero-order valence-corrected chi connectivity index (χ0v) is 12.2. The zero-order chi connectivity index (χ0) is 11.9. The molecule has 4 heteroatoms. The van der Waals surface area contributed by atoms with E-state index in [-0.39, 0.29) is 0 Å². The highest BCUT2D eigenvalue weighted by atomic mass is 28.3. The maximum Gasteiger partial charge on any atom is 0.483 e. The normalized spacial score (nSPS) is 22.2. The summed E-state index contributed by atoms with van der Waals surface area (Å²) in [5.74, 6) is 1.06. The topological polar surface area (TPSA) is 27.7 Å². The minimum Gasteiger partial charge on any atom is -0.379 e. The second kappa shape index (κ2) is 7.38.